The molecule has 2 atom stereocenters. The molecule has 0 amide bonds. The maximum absolute atomic E-state index is 6.01. The number of nitrogen functional groups attached to an aromatic ring is 1. The SMILES string of the molecule is COc1ccc([C@@H]2C[C@@H](c3ccc(Cl)cc3)Nc3nc(N)nn32)cc1. The van der Waals surface area contributed by atoms with Crippen LogP contribution in [0.1, 0.15) is 29.6 Å². The molecule has 0 spiro atoms. The first-order valence-electron chi connectivity index (χ1n) is 8.02. The number of halogens is 1. The van der Waals surface area contributed by atoms with Crippen LogP contribution in [0.25, 0.3) is 0 Å². The van der Waals surface area contributed by atoms with Crippen LogP contribution in [0.15, 0.2) is 48.5 Å². The molecule has 0 saturated carbocycles. The van der Waals surface area contributed by atoms with Gasteiger partial charge >= 0.3 is 0 Å². The third kappa shape index (κ3) is 3.00. The van der Waals surface area contributed by atoms with E-state index in [1.165, 1.54) is 0 Å². The summed E-state index contributed by atoms with van der Waals surface area (Å²) < 4.78 is 7.10. The van der Waals surface area contributed by atoms with Crippen molar-refractivity contribution in [3.05, 3.63) is 64.7 Å². The van der Waals surface area contributed by atoms with Crippen LogP contribution in [0, 0.1) is 0 Å². The van der Waals surface area contributed by atoms with E-state index in [4.69, 9.17) is 22.1 Å². The van der Waals surface area contributed by atoms with E-state index in [1.807, 2.05) is 41.1 Å². The van der Waals surface area contributed by atoms with E-state index in [0.717, 1.165) is 28.3 Å². The number of aromatic nitrogens is 3. The molecule has 1 aromatic heterocycles. The number of nitrogens with zero attached hydrogens (tertiary/aromatic N) is 3. The van der Waals surface area contributed by atoms with Gasteiger partial charge in [0.15, 0.2) is 0 Å². The van der Waals surface area contributed by atoms with Crippen molar-refractivity contribution in [1.82, 2.24) is 14.8 Å². The Bertz CT molecular complexity index is 875. The lowest BCUT2D eigenvalue weighted by Crippen LogP contribution is -2.28. The highest BCUT2D eigenvalue weighted by Crippen LogP contribution is 2.38. The van der Waals surface area contributed by atoms with E-state index < -0.39 is 0 Å². The van der Waals surface area contributed by atoms with E-state index >= 15 is 0 Å². The summed E-state index contributed by atoms with van der Waals surface area (Å²) in [7, 11) is 1.66. The number of hydrogen-bond acceptors (Lipinski definition) is 5. The van der Waals surface area contributed by atoms with Crippen molar-refractivity contribution in [2.75, 3.05) is 18.2 Å². The molecule has 1 aliphatic rings. The highest BCUT2D eigenvalue weighted by Gasteiger charge is 2.30. The van der Waals surface area contributed by atoms with Gasteiger partial charge in [-0.1, -0.05) is 35.9 Å². The van der Waals surface area contributed by atoms with Crippen LogP contribution in [-0.2, 0) is 0 Å². The van der Waals surface area contributed by atoms with Gasteiger partial charge in [-0.05, 0) is 41.8 Å². The van der Waals surface area contributed by atoms with E-state index in [2.05, 4.69) is 27.5 Å². The van der Waals surface area contributed by atoms with Crippen molar-refractivity contribution in [2.24, 2.45) is 0 Å². The summed E-state index contributed by atoms with van der Waals surface area (Å²) in [6, 6.07) is 16.0. The van der Waals surface area contributed by atoms with Crippen molar-refractivity contribution in [2.45, 2.75) is 18.5 Å². The number of benzene rings is 2. The molecule has 2 aromatic carbocycles. The molecule has 0 saturated heterocycles. The number of nitrogens with two attached hydrogens (primary N) is 1. The fourth-order valence-corrected chi connectivity index (χ4v) is 3.34. The number of hydrogen-bond donors (Lipinski definition) is 2. The van der Waals surface area contributed by atoms with E-state index in [0.29, 0.717) is 5.95 Å². The zero-order valence-electron chi connectivity index (χ0n) is 13.7. The van der Waals surface area contributed by atoms with Gasteiger partial charge in [0, 0.05) is 5.02 Å². The van der Waals surface area contributed by atoms with Crippen molar-refractivity contribution >= 4 is 23.5 Å². The molecule has 1 aliphatic heterocycles. The molecule has 0 aliphatic carbocycles. The van der Waals surface area contributed by atoms with E-state index in [9.17, 15) is 0 Å². The molecule has 0 radical (unpaired) electrons. The predicted molar refractivity (Wildman–Crippen MR) is 98.0 cm³/mol. The van der Waals surface area contributed by atoms with Crippen LogP contribution >= 0.6 is 11.6 Å². The van der Waals surface area contributed by atoms with Gasteiger partial charge in [-0.15, -0.1) is 5.10 Å². The predicted octanol–water partition coefficient (Wildman–Crippen LogP) is 3.67. The molecule has 0 fully saturated rings. The highest BCUT2D eigenvalue weighted by molar-refractivity contribution is 6.30. The summed E-state index contributed by atoms with van der Waals surface area (Å²) in [4.78, 5) is 4.32. The van der Waals surface area contributed by atoms with Crippen molar-refractivity contribution < 1.29 is 4.74 Å². The maximum atomic E-state index is 6.01. The summed E-state index contributed by atoms with van der Waals surface area (Å²) in [5, 5.41) is 8.50. The summed E-state index contributed by atoms with van der Waals surface area (Å²) in [5.41, 5.74) is 8.11. The fraction of sp³-hybridized carbons (Fsp3) is 0.222. The van der Waals surface area contributed by atoms with Gasteiger partial charge in [0.05, 0.1) is 19.2 Å². The maximum Gasteiger partial charge on any atom is 0.241 e. The normalized spacial score (nSPS) is 19.1. The van der Waals surface area contributed by atoms with Crippen molar-refractivity contribution in [1.29, 1.82) is 0 Å². The standard InChI is InChI=1S/C18H18ClN5O/c1-25-14-8-4-12(5-9-14)16-10-15(11-2-6-13(19)7-3-11)21-18-22-17(20)23-24(16)18/h2-9,15-16H,10H2,1H3,(H3,20,21,22,23)/t15-,16-/m0/s1. The molecule has 7 heteroatoms. The Hall–Kier alpha value is -2.73. The Morgan fingerprint density at radius 2 is 1.80 bits per heavy atom. The first-order chi connectivity index (χ1) is 12.1. The van der Waals surface area contributed by atoms with Crippen molar-refractivity contribution in [3.8, 4) is 5.75 Å². The van der Waals surface area contributed by atoms with Gasteiger partial charge in [0.1, 0.15) is 5.75 Å². The van der Waals surface area contributed by atoms with E-state index in [-0.39, 0.29) is 18.0 Å². The van der Waals surface area contributed by atoms with Crippen LogP contribution in [0.5, 0.6) is 5.75 Å². The van der Waals surface area contributed by atoms with Gasteiger partial charge in [-0.2, -0.15) is 4.98 Å². The average Bonchev–Trinajstić information content (AvgIpc) is 3.01. The molecule has 6 nitrogen and oxygen atoms in total. The number of nitrogens with one attached hydrogen (secondary N) is 1. The van der Waals surface area contributed by atoms with Gasteiger partial charge in [0.25, 0.3) is 0 Å². The van der Waals surface area contributed by atoms with Gasteiger partial charge < -0.3 is 15.8 Å². The zero-order chi connectivity index (χ0) is 17.4. The summed E-state index contributed by atoms with van der Waals surface area (Å²) in [5.74, 6) is 1.76. The topological polar surface area (TPSA) is 78.0 Å². The lowest BCUT2D eigenvalue weighted by atomic mass is 9.93. The fourth-order valence-electron chi connectivity index (χ4n) is 3.21. The minimum absolute atomic E-state index is 0.0348. The Morgan fingerprint density at radius 3 is 2.48 bits per heavy atom. The average molecular weight is 356 g/mol. The molecule has 4 rings (SSSR count). The quantitative estimate of drug-likeness (QED) is 0.749. The Labute approximate surface area is 150 Å². The Kier molecular flexibility index (Phi) is 3.97. The van der Waals surface area contributed by atoms with Crippen LogP contribution in [0.4, 0.5) is 11.9 Å². The summed E-state index contributed by atoms with van der Waals surface area (Å²) in [6.45, 7) is 0. The Morgan fingerprint density at radius 1 is 1.12 bits per heavy atom. The minimum Gasteiger partial charge on any atom is -0.497 e. The third-order valence-corrected chi connectivity index (χ3v) is 4.73. The largest absolute Gasteiger partial charge is 0.497 e. The van der Waals surface area contributed by atoms with Gasteiger partial charge in [0.2, 0.25) is 11.9 Å². The van der Waals surface area contributed by atoms with Crippen LogP contribution in [0.2, 0.25) is 5.02 Å². The summed E-state index contributed by atoms with van der Waals surface area (Å²) in [6.07, 6.45) is 0.823. The number of ether oxygens (including phenoxy) is 1. The number of rotatable bonds is 3. The molecule has 3 N–H and O–H groups in total. The first-order valence-corrected chi connectivity index (χ1v) is 8.40. The molecular formula is C18H18ClN5O. The second-order valence-corrected chi connectivity index (χ2v) is 6.45. The second kappa shape index (κ2) is 6.29. The number of fused-ring (bicyclic) bond motifs is 1. The Balaban J connectivity index is 1.72. The molecular weight excluding hydrogens is 338 g/mol. The minimum atomic E-state index is 0.0348. The van der Waals surface area contributed by atoms with Gasteiger partial charge in [-0.25, -0.2) is 4.68 Å². The lowest BCUT2D eigenvalue weighted by Gasteiger charge is -2.31. The molecule has 2 heterocycles. The van der Waals surface area contributed by atoms with Crippen LogP contribution in [0.3, 0.4) is 0 Å². The third-order valence-electron chi connectivity index (χ3n) is 4.48. The first kappa shape index (κ1) is 15.8. The zero-order valence-corrected chi connectivity index (χ0v) is 14.4. The van der Waals surface area contributed by atoms with Crippen LogP contribution < -0.4 is 15.8 Å². The number of anilines is 2. The molecule has 25 heavy (non-hydrogen) atoms. The number of methoxy groups -OCH3 is 1. The molecule has 3 aromatic rings. The second-order valence-electron chi connectivity index (χ2n) is 6.01. The molecule has 128 valence electrons. The molecule has 0 unspecified atom stereocenters. The monoisotopic (exact) mass is 355 g/mol. The highest BCUT2D eigenvalue weighted by atomic mass is 35.5. The van der Waals surface area contributed by atoms with Crippen molar-refractivity contribution in [3.63, 3.8) is 0 Å². The van der Waals surface area contributed by atoms with Gasteiger partial charge in [-0.3, -0.25) is 0 Å². The smallest absolute Gasteiger partial charge is 0.241 e. The summed E-state index contributed by atoms with van der Waals surface area (Å²) >= 11 is 6.01. The van der Waals surface area contributed by atoms with E-state index in [1.54, 1.807) is 7.11 Å². The van der Waals surface area contributed by atoms with Crippen LogP contribution in [-0.4, -0.2) is 21.9 Å². The molecule has 0 bridgehead atoms. The lowest BCUT2D eigenvalue weighted by molar-refractivity contribution is 0.411.